The van der Waals surface area contributed by atoms with Crippen molar-refractivity contribution >= 4 is 5.96 Å². The van der Waals surface area contributed by atoms with E-state index in [1.165, 1.54) is 24.8 Å². The molecule has 0 bridgehead atoms. The van der Waals surface area contributed by atoms with Gasteiger partial charge in [0.15, 0.2) is 5.96 Å². The standard InChI is InChI=1S/C19H29N3O/c1-2-20-19(22-12-6-7-13-22)21-15-17-11-8-14-23-18(17)16-9-4-3-5-10-16/h3-5,9-10,17-18H,2,6-8,11-15H2,1H3,(H,20,21). The van der Waals surface area contributed by atoms with Gasteiger partial charge in [-0.25, -0.2) is 0 Å². The minimum atomic E-state index is 0.190. The minimum Gasteiger partial charge on any atom is -0.373 e. The smallest absolute Gasteiger partial charge is 0.193 e. The molecule has 0 saturated carbocycles. The van der Waals surface area contributed by atoms with E-state index in [2.05, 4.69) is 47.5 Å². The van der Waals surface area contributed by atoms with Crippen LogP contribution in [0.1, 0.15) is 44.3 Å². The molecule has 2 heterocycles. The molecule has 0 spiro atoms. The third-order valence-corrected chi connectivity index (χ3v) is 4.79. The van der Waals surface area contributed by atoms with E-state index >= 15 is 0 Å². The lowest BCUT2D eigenvalue weighted by Gasteiger charge is -2.31. The lowest BCUT2D eigenvalue weighted by Crippen LogP contribution is -2.40. The van der Waals surface area contributed by atoms with Crippen LogP contribution in [0.4, 0.5) is 0 Å². The molecule has 126 valence electrons. The summed E-state index contributed by atoms with van der Waals surface area (Å²) in [6, 6.07) is 10.6. The van der Waals surface area contributed by atoms with Gasteiger partial charge in [-0.05, 0) is 38.2 Å². The molecule has 2 unspecified atom stereocenters. The van der Waals surface area contributed by atoms with Crippen LogP contribution in [-0.4, -0.2) is 43.6 Å². The van der Waals surface area contributed by atoms with Crippen molar-refractivity contribution in [3.8, 4) is 0 Å². The van der Waals surface area contributed by atoms with Crippen LogP contribution in [0.2, 0.25) is 0 Å². The van der Waals surface area contributed by atoms with Gasteiger partial charge in [-0.15, -0.1) is 0 Å². The predicted molar refractivity (Wildman–Crippen MR) is 94.6 cm³/mol. The summed E-state index contributed by atoms with van der Waals surface area (Å²) in [5.41, 5.74) is 1.29. The first-order valence-corrected chi connectivity index (χ1v) is 9.08. The van der Waals surface area contributed by atoms with Crippen molar-refractivity contribution < 1.29 is 4.74 Å². The quantitative estimate of drug-likeness (QED) is 0.685. The van der Waals surface area contributed by atoms with Crippen LogP contribution in [0.5, 0.6) is 0 Å². The molecule has 4 nitrogen and oxygen atoms in total. The number of benzene rings is 1. The Morgan fingerprint density at radius 1 is 1.22 bits per heavy atom. The molecular weight excluding hydrogens is 286 g/mol. The first-order valence-electron chi connectivity index (χ1n) is 9.08. The highest BCUT2D eigenvalue weighted by molar-refractivity contribution is 5.80. The maximum absolute atomic E-state index is 6.09. The summed E-state index contributed by atoms with van der Waals surface area (Å²) in [5, 5.41) is 3.45. The molecule has 0 amide bonds. The lowest BCUT2D eigenvalue weighted by atomic mass is 9.89. The Labute approximate surface area is 139 Å². The second-order valence-corrected chi connectivity index (χ2v) is 6.49. The first kappa shape index (κ1) is 16.3. The number of guanidine groups is 1. The van der Waals surface area contributed by atoms with Crippen LogP contribution in [0.3, 0.4) is 0 Å². The van der Waals surface area contributed by atoms with E-state index in [-0.39, 0.29) is 6.10 Å². The van der Waals surface area contributed by atoms with Gasteiger partial charge >= 0.3 is 0 Å². The van der Waals surface area contributed by atoms with Crippen LogP contribution in [0, 0.1) is 5.92 Å². The third-order valence-electron chi connectivity index (χ3n) is 4.79. The fourth-order valence-electron chi connectivity index (χ4n) is 3.60. The van der Waals surface area contributed by atoms with Gasteiger partial charge in [0.05, 0.1) is 6.10 Å². The maximum atomic E-state index is 6.09. The Bertz CT molecular complexity index is 497. The van der Waals surface area contributed by atoms with Crippen LogP contribution in [-0.2, 0) is 4.74 Å². The Morgan fingerprint density at radius 3 is 2.74 bits per heavy atom. The molecule has 0 aromatic heterocycles. The first-order chi connectivity index (χ1) is 11.4. The molecule has 2 aliphatic rings. The SMILES string of the molecule is CCNC(=NCC1CCCOC1c1ccccc1)N1CCCC1. The molecule has 2 atom stereocenters. The lowest BCUT2D eigenvalue weighted by molar-refractivity contribution is -0.0250. The van der Waals surface area contributed by atoms with Crippen LogP contribution in [0.15, 0.2) is 35.3 Å². The second kappa shape index (κ2) is 8.34. The molecule has 2 saturated heterocycles. The largest absolute Gasteiger partial charge is 0.373 e. The summed E-state index contributed by atoms with van der Waals surface area (Å²) in [4.78, 5) is 7.34. The molecule has 0 radical (unpaired) electrons. The van der Waals surface area contributed by atoms with Crippen molar-refractivity contribution in [1.29, 1.82) is 0 Å². The zero-order valence-electron chi connectivity index (χ0n) is 14.2. The number of rotatable bonds is 4. The number of hydrogen-bond donors (Lipinski definition) is 1. The van der Waals surface area contributed by atoms with Gasteiger partial charge in [0, 0.05) is 38.7 Å². The van der Waals surface area contributed by atoms with Gasteiger partial charge in [-0.3, -0.25) is 4.99 Å². The van der Waals surface area contributed by atoms with Crippen molar-refractivity contribution in [2.75, 3.05) is 32.8 Å². The normalized spacial score (nSPS) is 25.6. The van der Waals surface area contributed by atoms with E-state index in [0.29, 0.717) is 5.92 Å². The van der Waals surface area contributed by atoms with Crippen molar-refractivity contribution in [2.24, 2.45) is 10.9 Å². The van der Waals surface area contributed by atoms with Gasteiger partial charge in [-0.2, -0.15) is 0 Å². The molecule has 3 rings (SSSR count). The molecule has 1 aromatic carbocycles. The van der Waals surface area contributed by atoms with E-state index in [1.54, 1.807) is 0 Å². The third kappa shape index (κ3) is 4.25. The van der Waals surface area contributed by atoms with Gasteiger partial charge in [0.1, 0.15) is 0 Å². The fourth-order valence-corrected chi connectivity index (χ4v) is 3.60. The Hall–Kier alpha value is -1.55. The fraction of sp³-hybridized carbons (Fsp3) is 0.632. The highest BCUT2D eigenvalue weighted by Gasteiger charge is 2.27. The molecule has 1 N–H and O–H groups in total. The van der Waals surface area contributed by atoms with Crippen LogP contribution >= 0.6 is 0 Å². The van der Waals surface area contributed by atoms with Crippen LogP contribution in [0.25, 0.3) is 0 Å². The van der Waals surface area contributed by atoms with Gasteiger partial charge < -0.3 is 15.0 Å². The minimum absolute atomic E-state index is 0.190. The van der Waals surface area contributed by atoms with Crippen molar-refractivity contribution in [2.45, 2.75) is 38.7 Å². The summed E-state index contributed by atoms with van der Waals surface area (Å²) in [6.45, 7) is 7.05. The highest BCUT2D eigenvalue weighted by atomic mass is 16.5. The molecule has 2 fully saturated rings. The summed E-state index contributed by atoms with van der Waals surface area (Å²) >= 11 is 0. The summed E-state index contributed by atoms with van der Waals surface area (Å²) in [6.07, 6.45) is 5.09. The summed E-state index contributed by atoms with van der Waals surface area (Å²) < 4.78 is 6.09. The summed E-state index contributed by atoms with van der Waals surface area (Å²) in [7, 11) is 0. The molecule has 2 aliphatic heterocycles. The summed E-state index contributed by atoms with van der Waals surface area (Å²) in [5.74, 6) is 1.56. The average molecular weight is 315 g/mol. The maximum Gasteiger partial charge on any atom is 0.193 e. The zero-order valence-corrected chi connectivity index (χ0v) is 14.2. The number of hydrogen-bond acceptors (Lipinski definition) is 2. The number of nitrogens with one attached hydrogen (secondary N) is 1. The van der Waals surface area contributed by atoms with Gasteiger partial charge in [0.25, 0.3) is 0 Å². The van der Waals surface area contributed by atoms with E-state index in [4.69, 9.17) is 9.73 Å². The van der Waals surface area contributed by atoms with Gasteiger partial charge in [-0.1, -0.05) is 30.3 Å². The Morgan fingerprint density at radius 2 is 2.00 bits per heavy atom. The highest BCUT2D eigenvalue weighted by Crippen LogP contribution is 2.33. The van der Waals surface area contributed by atoms with E-state index in [1.807, 2.05) is 0 Å². The average Bonchev–Trinajstić information content (AvgIpc) is 3.14. The van der Waals surface area contributed by atoms with E-state index in [0.717, 1.165) is 45.2 Å². The molecular formula is C19H29N3O. The molecule has 0 aliphatic carbocycles. The van der Waals surface area contributed by atoms with Crippen molar-refractivity contribution in [1.82, 2.24) is 10.2 Å². The molecule has 1 aromatic rings. The second-order valence-electron chi connectivity index (χ2n) is 6.49. The van der Waals surface area contributed by atoms with Gasteiger partial charge in [0.2, 0.25) is 0 Å². The number of ether oxygens (including phenoxy) is 1. The number of likely N-dealkylation sites (tertiary alicyclic amines) is 1. The van der Waals surface area contributed by atoms with E-state index in [9.17, 15) is 0 Å². The number of nitrogens with zero attached hydrogens (tertiary/aromatic N) is 2. The zero-order chi connectivity index (χ0) is 15.9. The monoisotopic (exact) mass is 315 g/mol. The number of aliphatic imine (C=N–C) groups is 1. The van der Waals surface area contributed by atoms with Crippen molar-refractivity contribution in [3.05, 3.63) is 35.9 Å². The van der Waals surface area contributed by atoms with Crippen molar-refractivity contribution in [3.63, 3.8) is 0 Å². The molecule has 23 heavy (non-hydrogen) atoms. The topological polar surface area (TPSA) is 36.9 Å². The Kier molecular flexibility index (Phi) is 5.92. The van der Waals surface area contributed by atoms with Crippen LogP contribution < -0.4 is 5.32 Å². The molecule has 4 heteroatoms. The Balaban J connectivity index is 1.69. The predicted octanol–water partition coefficient (Wildman–Crippen LogP) is 3.22. The van der Waals surface area contributed by atoms with E-state index < -0.39 is 0 Å².